The fourth-order valence-corrected chi connectivity index (χ4v) is 2.66. The first kappa shape index (κ1) is 13.0. The molecule has 0 saturated carbocycles. The number of rotatable bonds is 4. The summed E-state index contributed by atoms with van der Waals surface area (Å²) in [5.74, 6) is -0.244. The fourth-order valence-electron chi connectivity index (χ4n) is 1.96. The molecule has 98 valence electrons. The van der Waals surface area contributed by atoms with Gasteiger partial charge in [0.15, 0.2) is 0 Å². The first-order chi connectivity index (χ1) is 8.66. The van der Waals surface area contributed by atoms with Gasteiger partial charge in [0.1, 0.15) is 0 Å². The molecule has 1 aromatic heterocycles. The van der Waals surface area contributed by atoms with Gasteiger partial charge in [-0.1, -0.05) is 17.8 Å². The highest BCUT2D eigenvalue weighted by Crippen LogP contribution is 2.22. The van der Waals surface area contributed by atoms with Crippen LogP contribution in [0.5, 0.6) is 0 Å². The van der Waals surface area contributed by atoms with Crippen molar-refractivity contribution in [2.75, 3.05) is 13.1 Å². The van der Waals surface area contributed by atoms with E-state index in [9.17, 15) is 14.9 Å². The van der Waals surface area contributed by atoms with Crippen molar-refractivity contribution < 1.29 is 9.72 Å². The molecular weight excluding hydrogens is 254 g/mol. The zero-order chi connectivity index (χ0) is 13.0. The third kappa shape index (κ3) is 3.27. The molecule has 1 fully saturated rings. The SMILES string of the molecule is O=C(NCC1CCCCN1)c1csc([N+](=O)[O-])c1. The fraction of sp³-hybridized carbons (Fsp3) is 0.545. The van der Waals surface area contributed by atoms with Crippen LogP contribution in [0.2, 0.25) is 0 Å². The maximum Gasteiger partial charge on any atom is 0.324 e. The molecule has 0 bridgehead atoms. The summed E-state index contributed by atoms with van der Waals surface area (Å²) < 4.78 is 0. The summed E-state index contributed by atoms with van der Waals surface area (Å²) in [6.45, 7) is 1.56. The number of nitro groups is 1. The minimum Gasteiger partial charge on any atom is -0.350 e. The van der Waals surface area contributed by atoms with Crippen LogP contribution in [-0.4, -0.2) is 30.0 Å². The van der Waals surface area contributed by atoms with Crippen molar-refractivity contribution in [2.24, 2.45) is 0 Å². The van der Waals surface area contributed by atoms with Crippen molar-refractivity contribution >= 4 is 22.2 Å². The normalized spacial score (nSPS) is 19.4. The first-order valence-electron chi connectivity index (χ1n) is 5.91. The number of hydrogen-bond donors (Lipinski definition) is 2. The molecule has 7 heteroatoms. The Labute approximate surface area is 109 Å². The smallest absolute Gasteiger partial charge is 0.324 e. The Morgan fingerprint density at radius 1 is 1.61 bits per heavy atom. The maximum atomic E-state index is 11.8. The standard InChI is InChI=1S/C11H15N3O3S/c15-11(8-5-10(14(16)17)18-7-8)13-6-9-3-1-2-4-12-9/h5,7,9,12H,1-4,6H2,(H,13,15). The topological polar surface area (TPSA) is 84.3 Å². The number of nitrogens with zero attached hydrogens (tertiary/aromatic N) is 1. The Morgan fingerprint density at radius 2 is 2.44 bits per heavy atom. The number of amides is 1. The Balaban J connectivity index is 1.84. The third-order valence-corrected chi connectivity index (χ3v) is 3.83. The Kier molecular flexibility index (Phi) is 4.27. The van der Waals surface area contributed by atoms with E-state index in [2.05, 4.69) is 10.6 Å². The lowest BCUT2D eigenvalue weighted by Crippen LogP contribution is -2.43. The van der Waals surface area contributed by atoms with Gasteiger partial charge in [-0.2, -0.15) is 0 Å². The van der Waals surface area contributed by atoms with Gasteiger partial charge in [0.05, 0.1) is 10.5 Å². The lowest BCUT2D eigenvalue weighted by atomic mass is 10.1. The van der Waals surface area contributed by atoms with Crippen LogP contribution >= 0.6 is 11.3 Å². The van der Waals surface area contributed by atoms with Crippen LogP contribution in [0.25, 0.3) is 0 Å². The zero-order valence-electron chi connectivity index (χ0n) is 9.85. The van der Waals surface area contributed by atoms with E-state index < -0.39 is 4.92 Å². The third-order valence-electron chi connectivity index (χ3n) is 2.95. The van der Waals surface area contributed by atoms with Gasteiger partial charge in [0, 0.05) is 24.0 Å². The van der Waals surface area contributed by atoms with Gasteiger partial charge in [0.2, 0.25) is 0 Å². The molecule has 0 aliphatic carbocycles. The lowest BCUT2D eigenvalue weighted by Gasteiger charge is -2.23. The molecule has 6 nitrogen and oxygen atoms in total. The average molecular weight is 269 g/mol. The second kappa shape index (κ2) is 5.92. The molecule has 1 saturated heterocycles. The van der Waals surface area contributed by atoms with Crippen LogP contribution in [0.4, 0.5) is 5.00 Å². The highest BCUT2D eigenvalue weighted by atomic mass is 32.1. The van der Waals surface area contributed by atoms with Gasteiger partial charge in [0.25, 0.3) is 5.91 Å². The lowest BCUT2D eigenvalue weighted by molar-refractivity contribution is -0.380. The second-order valence-corrected chi connectivity index (χ2v) is 5.18. The summed E-state index contributed by atoms with van der Waals surface area (Å²) >= 11 is 0.972. The quantitative estimate of drug-likeness (QED) is 0.641. The molecule has 0 radical (unpaired) electrons. The minimum atomic E-state index is -0.482. The molecule has 1 atom stereocenters. The molecule has 1 aliphatic heterocycles. The largest absolute Gasteiger partial charge is 0.350 e. The summed E-state index contributed by atoms with van der Waals surface area (Å²) in [4.78, 5) is 21.8. The van der Waals surface area contributed by atoms with Crippen molar-refractivity contribution in [1.29, 1.82) is 0 Å². The van der Waals surface area contributed by atoms with Crippen molar-refractivity contribution in [3.8, 4) is 0 Å². The first-order valence-corrected chi connectivity index (χ1v) is 6.79. The van der Waals surface area contributed by atoms with Crippen molar-refractivity contribution in [3.05, 3.63) is 27.1 Å². The van der Waals surface area contributed by atoms with Gasteiger partial charge in [-0.15, -0.1) is 0 Å². The van der Waals surface area contributed by atoms with E-state index in [1.165, 1.54) is 24.3 Å². The van der Waals surface area contributed by atoms with E-state index in [0.29, 0.717) is 18.2 Å². The van der Waals surface area contributed by atoms with E-state index in [1.807, 2.05) is 0 Å². The van der Waals surface area contributed by atoms with Crippen LogP contribution < -0.4 is 10.6 Å². The van der Waals surface area contributed by atoms with Gasteiger partial charge < -0.3 is 10.6 Å². The molecule has 1 amide bonds. The summed E-state index contributed by atoms with van der Waals surface area (Å²) in [5, 5.41) is 18.2. The summed E-state index contributed by atoms with van der Waals surface area (Å²) in [6, 6.07) is 1.63. The van der Waals surface area contributed by atoms with Crippen molar-refractivity contribution in [1.82, 2.24) is 10.6 Å². The zero-order valence-corrected chi connectivity index (χ0v) is 10.7. The van der Waals surface area contributed by atoms with E-state index in [0.717, 1.165) is 24.3 Å². The number of carbonyl (C=O) groups is 1. The van der Waals surface area contributed by atoms with Crippen LogP contribution in [-0.2, 0) is 0 Å². The number of carbonyl (C=O) groups excluding carboxylic acids is 1. The molecule has 2 heterocycles. The highest BCUT2D eigenvalue weighted by Gasteiger charge is 2.17. The Hall–Kier alpha value is -1.47. The van der Waals surface area contributed by atoms with Crippen LogP contribution in [0.3, 0.4) is 0 Å². The average Bonchev–Trinajstić information content (AvgIpc) is 2.87. The predicted molar refractivity (Wildman–Crippen MR) is 68.9 cm³/mol. The number of hydrogen-bond acceptors (Lipinski definition) is 5. The number of thiophene rings is 1. The Morgan fingerprint density at radius 3 is 3.06 bits per heavy atom. The van der Waals surface area contributed by atoms with E-state index in [-0.39, 0.29) is 10.9 Å². The van der Waals surface area contributed by atoms with Crippen LogP contribution in [0.15, 0.2) is 11.4 Å². The number of nitrogens with one attached hydrogen (secondary N) is 2. The summed E-state index contributed by atoms with van der Waals surface area (Å²) in [6.07, 6.45) is 3.42. The minimum absolute atomic E-state index is 0.00376. The second-order valence-electron chi connectivity index (χ2n) is 4.29. The van der Waals surface area contributed by atoms with Gasteiger partial charge >= 0.3 is 5.00 Å². The molecule has 1 aliphatic rings. The molecule has 0 spiro atoms. The Bertz CT molecular complexity index is 440. The summed E-state index contributed by atoms with van der Waals surface area (Å²) in [7, 11) is 0. The van der Waals surface area contributed by atoms with Gasteiger partial charge in [-0.25, -0.2) is 0 Å². The van der Waals surface area contributed by atoms with Crippen LogP contribution in [0.1, 0.15) is 29.6 Å². The van der Waals surface area contributed by atoms with Crippen LogP contribution in [0, 0.1) is 10.1 Å². The molecule has 1 aromatic rings. The van der Waals surface area contributed by atoms with E-state index in [4.69, 9.17) is 0 Å². The van der Waals surface area contributed by atoms with Gasteiger partial charge in [-0.05, 0) is 19.4 Å². The predicted octanol–water partition coefficient (Wildman–Crippen LogP) is 1.53. The monoisotopic (exact) mass is 269 g/mol. The van der Waals surface area contributed by atoms with Crippen molar-refractivity contribution in [3.63, 3.8) is 0 Å². The van der Waals surface area contributed by atoms with E-state index in [1.54, 1.807) is 0 Å². The van der Waals surface area contributed by atoms with Gasteiger partial charge in [-0.3, -0.25) is 14.9 Å². The van der Waals surface area contributed by atoms with Crippen molar-refractivity contribution in [2.45, 2.75) is 25.3 Å². The molecular formula is C11H15N3O3S. The molecule has 1 unspecified atom stereocenters. The molecule has 0 aromatic carbocycles. The number of piperidine rings is 1. The van der Waals surface area contributed by atoms with E-state index >= 15 is 0 Å². The highest BCUT2D eigenvalue weighted by molar-refractivity contribution is 7.13. The molecule has 18 heavy (non-hydrogen) atoms. The maximum absolute atomic E-state index is 11.8. The molecule has 2 rings (SSSR count). The summed E-state index contributed by atoms with van der Waals surface area (Å²) in [5.41, 5.74) is 0.363. The molecule has 2 N–H and O–H groups in total.